The highest BCUT2D eigenvalue weighted by Gasteiger charge is 2.35. The van der Waals surface area contributed by atoms with Crippen LogP contribution in [-0.4, -0.2) is 23.4 Å². The second kappa shape index (κ2) is 5.44. The number of hydrogen-bond donors (Lipinski definition) is 1. The molecule has 0 aromatic heterocycles. The average Bonchev–Trinajstić information content (AvgIpc) is 3.28. The molecule has 0 radical (unpaired) electrons. The Bertz CT molecular complexity index is 602. The van der Waals surface area contributed by atoms with Crippen LogP contribution in [0.1, 0.15) is 46.9 Å². The molecule has 0 amide bonds. The van der Waals surface area contributed by atoms with Crippen LogP contribution in [0.2, 0.25) is 0 Å². The molecule has 20 heavy (non-hydrogen) atoms. The molecule has 1 aromatic rings. The van der Waals surface area contributed by atoms with E-state index >= 15 is 0 Å². The van der Waals surface area contributed by atoms with Crippen molar-refractivity contribution in [3.8, 4) is 0 Å². The van der Waals surface area contributed by atoms with Crippen molar-refractivity contribution in [1.29, 1.82) is 0 Å². The lowest BCUT2D eigenvalue weighted by molar-refractivity contribution is 0.0975. The lowest BCUT2D eigenvalue weighted by Gasteiger charge is -2.21. The quantitative estimate of drug-likeness (QED) is 0.903. The maximum absolute atomic E-state index is 12.6. The third-order valence-corrected chi connectivity index (χ3v) is 4.74. The summed E-state index contributed by atoms with van der Waals surface area (Å²) in [6.07, 6.45) is 3.14. The molecule has 1 fully saturated rings. The minimum absolute atomic E-state index is 0.0122. The van der Waals surface area contributed by atoms with Crippen LogP contribution in [-0.2, 0) is 0 Å². The first kappa shape index (κ1) is 13.4. The van der Waals surface area contributed by atoms with E-state index in [4.69, 9.17) is 0 Å². The zero-order chi connectivity index (χ0) is 14.1. The Balaban J connectivity index is 2.02. The van der Waals surface area contributed by atoms with Crippen LogP contribution in [0.3, 0.4) is 0 Å². The van der Waals surface area contributed by atoms with Gasteiger partial charge in [0.15, 0.2) is 0 Å². The highest BCUT2D eigenvalue weighted by atomic mass is 32.2. The molecule has 1 N–H and O–H groups in total. The summed E-state index contributed by atoms with van der Waals surface area (Å²) in [5.41, 5.74) is 1.59. The van der Waals surface area contributed by atoms with E-state index in [-0.39, 0.29) is 11.6 Å². The molecule has 1 aromatic carbocycles. The van der Waals surface area contributed by atoms with Gasteiger partial charge in [-0.3, -0.25) is 9.59 Å². The van der Waals surface area contributed by atoms with E-state index in [9.17, 15) is 9.59 Å². The van der Waals surface area contributed by atoms with Gasteiger partial charge in [0.05, 0.1) is 4.91 Å². The van der Waals surface area contributed by atoms with Crippen molar-refractivity contribution in [2.75, 3.05) is 5.75 Å². The molecule has 1 saturated carbocycles. The lowest BCUT2D eigenvalue weighted by atomic mass is 9.92. The van der Waals surface area contributed by atoms with Crippen LogP contribution in [0.25, 0.3) is 0 Å². The predicted molar refractivity (Wildman–Crippen MR) is 81.0 cm³/mol. The number of allylic oxidation sites excluding steroid dienone is 2. The van der Waals surface area contributed by atoms with Crippen molar-refractivity contribution in [3.05, 3.63) is 46.0 Å². The fourth-order valence-electron chi connectivity index (χ4n) is 2.26. The van der Waals surface area contributed by atoms with E-state index in [1.165, 1.54) is 11.8 Å². The number of nitrogens with one attached hydrogen (secondary N) is 1. The largest absolute Gasteiger partial charge is 0.378 e. The molecule has 104 valence electrons. The first-order valence-electron chi connectivity index (χ1n) is 7.04. The summed E-state index contributed by atoms with van der Waals surface area (Å²) in [4.78, 5) is 25.8. The monoisotopic (exact) mass is 287 g/mol. The molecule has 2 aliphatic carbocycles. The number of ketones is 2. The van der Waals surface area contributed by atoms with E-state index < -0.39 is 0 Å². The first-order valence-corrected chi connectivity index (χ1v) is 8.03. The fourth-order valence-corrected chi connectivity index (χ4v) is 3.20. The van der Waals surface area contributed by atoms with Gasteiger partial charge in [-0.1, -0.05) is 31.2 Å². The maximum atomic E-state index is 12.6. The Kier molecular flexibility index (Phi) is 3.66. The SMILES string of the molecule is CCCSC1=C(NC2CC2)C(=O)c2ccccc2C1=O. The minimum atomic E-state index is -0.0364. The molecule has 3 nitrogen and oxygen atoms in total. The van der Waals surface area contributed by atoms with E-state index in [0.717, 1.165) is 25.0 Å². The molecule has 0 heterocycles. The summed E-state index contributed by atoms with van der Waals surface area (Å²) in [6, 6.07) is 7.47. The number of fused-ring (bicyclic) bond motifs is 1. The molecule has 0 spiro atoms. The number of carbonyl (C=O) groups is 2. The highest BCUT2D eigenvalue weighted by molar-refractivity contribution is 8.04. The lowest BCUT2D eigenvalue weighted by Crippen LogP contribution is -2.30. The summed E-state index contributed by atoms with van der Waals surface area (Å²) in [5.74, 6) is 0.805. The zero-order valence-corrected chi connectivity index (χ0v) is 12.3. The standard InChI is InChI=1S/C16H17NO2S/c1-2-9-20-16-13(17-10-7-8-10)14(18)11-5-3-4-6-12(11)15(16)19/h3-6,10,17H,2,7-9H2,1H3. The Hall–Kier alpha value is -1.55. The van der Waals surface area contributed by atoms with Gasteiger partial charge < -0.3 is 5.32 Å². The number of carbonyl (C=O) groups excluding carboxylic acids is 2. The topological polar surface area (TPSA) is 46.2 Å². The van der Waals surface area contributed by atoms with Crippen molar-refractivity contribution in [1.82, 2.24) is 5.32 Å². The Morgan fingerprint density at radius 1 is 1.15 bits per heavy atom. The second-order valence-electron chi connectivity index (χ2n) is 5.18. The number of Topliss-reactive ketones (excluding diaryl/α,β-unsaturated/α-hetero) is 2. The second-order valence-corrected chi connectivity index (χ2v) is 6.28. The number of benzene rings is 1. The fraction of sp³-hybridized carbons (Fsp3) is 0.375. The van der Waals surface area contributed by atoms with Crippen LogP contribution < -0.4 is 5.32 Å². The van der Waals surface area contributed by atoms with Gasteiger partial charge in [-0.2, -0.15) is 0 Å². The van der Waals surface area contributed by atoms with Crippen molar-refractivity contribution < 1.29 is 9.59 Å². The third-order valence-electron chi connectivity index (χ3n) is 3.45. The van der Waals surface area contributed by atoms with Crippen molar-refractivity contribution in [3.63, 3.8) is 0 Å². The summed E-state index contributed by atoms with van der Waals surface area (Å²) in [6.45, 7) is 2.07. The van der Waals surface area contributed by atoms with Crippen molar-refractivity contribution >= 4 is 23.3 Å². The third kappa shape index (κ3) is 2.40. The van der Waals surface area contributed by atoms with Gasteiger partial charge in [0.1, 0.15) is 5.70 Å². The number of hydrogen-bond acceptors (Lipinski definition) is 4. The van der Waals surface area contributed by atoms with Gasteiger partial charge >= 0.3 is 0 Å². The molecule has 2 aliphatic rings. The van der Waals surface area contributed by atoms with Gasteiger partial charge in [0, 0.05) is 17.2 Å². The van der Waals surface area contributed by atoms with Crippen LogP contribution in [0.5, 0.6) is 0 Å². The van der Waals surface area contributed by atoms with Gasteiger partial charge in [-0.15, -0.1) is 11.8 Å². The summed E-state index contributed by atoms with van der Waals surface area (Å²) >= 11 is 1.50. The summed E-state index contributed by atoms with van der Waals surface area (Å²) in [7, 11) is 0. The Morgan fingerprint density at radius 3 is 2.40 bits per heavy atom. The average molecular weight is 287 g/mol. The van der Waals surface area contributed by atoms with Crippen LogP contribution in [0, 0.1) is 0 Å². The molecule has 0 atom stereocenters. The van der Waals surface area contributed by atoms with Gasteiger partial charge in [0.2, 0.25) is 11.6 Å². The maximum Gasteiger partial charge on any atom is 0.210 e. The van der Waals surface area contributed by atoms with E-state index in [1.807, 2.05) is 12.1 Å². The molecule has 0 saturated heterocycles. The summed E-state index contributed by atoms with van der Waals surface area (Å²) < 4.78 is 0. The van der Waals surface area contributed by atoms with Crippen LogP contribution in [0.15, 0.2) is 34.9 Å². The van der Waals surface area contributed by atoms with E-state index in [1.54, 1.807) is 12.1 Å². The van der Waals surface area contributed by atoms with Crippen LogP contribution in [0.4, 0.5) is 0 Å². The Labute approximate surface area is 122 Å². The predicted octanol–water partition coefficient (Wildman–Crippen LogP) is 3.17. The normalized spacial score (nSPS) is 18.2. The molecule has 0 aliphatic heterocycles. The first-order chi connectivity index (χ1) is 9.72. The van der Waals surface area contributed by atoms with E-state index in [2.05, 4.69) is 12.2 Å². The highest BCUT2D eigenvalue weighted by Crippen LogP contribution is 2.34. The molecular formula is C16H17NO2S. The number of thioether (sulfide) groups is 1. The molecule has 0 unspecified atom stereocenters. The summed E-state index contributed by atoms with van der Waals surface area (Å²) in [5, 5.41) is 3.26. The van der Waals surface area contributed by atoms with Crippen molar-refractivity contribution in [2.45, 2.75) is 32.2 Å². The van der Waals surface area contributed by atoms with Crippen molar-refractivity contribution in [2.24, 2.45) is 0 Å². The molecule has 4 heteroatoms. The van der Waals surface area contributed by atoms with E-state index in [0.29, 0.717) is 27.8 Å². The van der Waals surface area contributed by atoms with Gasteiger partial charge in [-0.25, -0.2) is 0 Å². The van der Waals surface area contributed by atoms with Crippen LogP contribution >= 0.6 is 11.8 Å². The zero-order valence-electron chi connectivity index (χ0n) is 11.4. The van der Waals surface area contributed by atoms with Gasteiger partial charge in [0.25, 0.3) is 0 Å². The Morgan fingerprint density at radius 2 is 1.80 bits per heavy atom. The van der Waals surface area contributed by atoms with Gasteiger partial charge in [-0.05, 0) is 25.0 Å². The minimum Gasteiger partial charge on any atom is -0.378 e. The molecule has 0 bridgehead atoms. The molecular weight excluding hydrogens is 270 g/mol. The smallest absolute Gasteiger partial charge is 0.210 e. The molecule has 3 rings (SSSR count). The number of rotatable bonds is 5.